The van der Waals surface area contributed by atoms with E-state index >= 15 is 0 Å². The number of aliphatic carboxylic acids is 2. The Hall–Kier alpha value is -0.961. The van der Waals surface area contributed by atoms with Crippen LogP contribution in [0.15, 0.2) is 0 Å². The van der Waals surface area contributed by atoms with Crippen LogP contribution in [0.4, 0.5) is 26.3 Å². The maximum atomic E-state index is 10.6. The van der Waals surface area contributed by atoms with Gasteiger partial charge in [-0.3, -0.25) is 0 Å². The first-order valence-electron chi connectivity index (χ1n) is 2.49. The number of hydrogen-bond acceptors (Lipinski definition) is 2. The third kappa shape index (κ3) is 13.0. The molecule has 0 atom stereocenters. The number of rotatable bonds is 0. The number of carboxylic acid groups (broad SMARTS) is 2. The fourth-order valence-electron chi connectivity index (χ4n) is 0. The molecular weight excluding hydrogens is 290 g/mol. The van der Waals surface area contributed by atoms with Gasteiger partial charge in [0.2, 0.25) is 0 Å². The first-order chi connectivity index (χ1) is 5.89. The fourth-order valence-corrected chi connectivity index (χ4v) is 0. The summed E-state index contributed by atoms with van der Waals surface area (Å²) < 4.78 is 63.5. The Kier molecular flexibility index (Phi) is 8.50. The summed E-state index contributed by atoms with van der Waals surface area (Å²) in [5, 5.41) is 14.2. The monoisotopic (exact) mass is 291 g/mol. The second-order valence-corrected chi connectivity index (χ2v) is 1.61. The number of alkyl halides is 6. The number of carboxylic acids is 2. The van der Waals surface area contributed by atoms with Crippen LogP contribution in [-0.2, 0) is 26.7 Å². The Labute approximate surface area is 88.3 Å². The molecule has 0 fully saturated rings. The maximum Gasteiger partial charge on any atom is 0.490 e. The van der Waals surface area contributed by atoms with Crippen molar-refractivity contribution in [1.82, 2.24) is 0 Å². The van der Waals surface area contributed by atoms with E-state index in [1.54, 1.807) is 0 Å². The van der Waals surface area contributed by atoms with Crippen LogP contribution in [0.2, 0.25) is 0 Å². The van der Waals surface area contributed by atoms with Gasteiger partial charge >= 0.3 is 24.3 Å². The van der Waals surface area contributed by atoms with E-state index in [0.717, 1.165) is 0 Å². The van der Waals surface area contributed by atoms with E-state index in [4.69, 9.17) is 19.8 Å². The zero-order valence-electron chi connectivity index (χ0n) is 6.28. The Morgan fingerprint density at radius 2 is 0.800 bits per heavy atom. The topological polar surface area (TPSA) is 74.6 Å². The van der Waals surface area contributed by atoms with Gasteiger partial charge in [0.25, 0.3) is 0 Å². The summed E-state index contributed by atoms with van der Waals surface area (Å²) in [5.41, 5.74) is 0. The van der Waals surface area contributed by atoms with Crippen molar-refractivity contribution in [2.45, 2.75) is 12.4 Å². The molecule has 0 saturated heterocycles. The van der Waals surface area contributed by atoms with Crippen LogP contribution in [-0.4, -0.2) is 34.5 Å². The van der Waals surface area contributed by atoms with Gasteiger partial charge in [-0.05, 0) is 0 Å². The minimum atomic E-state index is -5.08. The van der Waals surface area contributed by atoms with Gasteiger partial charge in [-0.2, -0.15) is 26.3 Å². The van der Waals surface area contributed by atoms with Gasteiger partial charge in [-0.25, -0.2) is 9.59 Å². The first kappa shape index (κ1) is 19.6. The largest absolute Gasteiger partial charge is 0.490 e. The summed E-state index contributed by atoms with van der Waals surface area (Å²) in [6.45, 7) is 0. The van der Waals surface area contributed by atoms with Crippen LogP contribution in [0.25, 0.3) is 0 Å². The zero-order valence-corrected chi connectivity index (χ0v) is 7.22. The molecule has 0 aliphatic heterocycles. The van der Waals surface area contributed by atoms with Crippen LogP contribution in [0.5, 0.6) is 0 Å². The summed E-state index contributed by atoms with van der Waals surface area (Å²) in [6.07, 6.45) is -10.2. The molecule has 0 aromatic carbocycles. The molecule has 0 spiro atoms. The van der Waals surface area contributed by atoms with Crippen molar-refractivity contribution in [2.75, 3.05) is 0 Å². The molecular formula is C4H2CuF6O4. The van der Waals surface area contributed by atoms with Gasteiger partial charge in [0, 0.05) is 17.1 Å². The van der Waals surface area contributed by atoms with Gasteiger partial charge in [0.05, 0.1) is 0 Å². The molecule has 0 unspecified atom stereocenters. The molecule has 1 radical (unpaired) electrons. The molecule has 0 heterocycles. The van der Waals surface area contributed by atoms with Crippen LogP contribution in [0.3, 0.4) is 0 Å². The van der Waals surface area contributed by atoms with Crippen molar-refractivity contribution in [1.29, 1.82) is 0 Å². The molecule has 95 valence electrons. The number of carbonyl (C=O) groups is 2. The second-order valence-electron chi connectivity index (χ2n) is 1.61. The summed E-state index contributed by atoms with van der Waals surface area (Å²) in [7, 11) is 0. The maximum absolute atomic E-state index is 10.6. The molecule has 11 heteroatoms. The van der Waals surface area contributed by atoms with Gasteiger partial charge in [0.1, 0.15) is 0 Å². The van der Waals surface area contributed by atoms with Gasteiger partial charge in [-0.1, -0.05) is 0 Å². The van der Waals surface area contributed by atoms with Crippen LogP contribution in [0.1, 0.15) is 0 Å². The van der Waals surface area contributed by atoms with Crippen molar-refractivity contribution in [3.05, 3.63) is 0 Å². The Morgan fingerprint density at radius 1 is 0.733 bits per heavy atom. The summed E-state index contributed by atoms with van der Waals surface area (Å²) in [4.78, 5) is 17.8. The molecule has 0 amide bonds. The van der Waals surface area contributed by atoms with E-state index in [-0.39, 0.29) is 17.1 Å². The Bertz CT molecular complexity index is 196. The van der Waals surface area contributed by atoms with Crippen LogP contribution >= 0.6 is 0 Å². The van der Waals surface area contributed by atoms with E-state index in [2.05, 4.69) is 0 Å². The van der Waals surface area contributed by atoms with Gasteiger partial charge < -0.3 is 10.2 Å². The van der Waals surface area contributed by atoms with E-state index in [0.29, 0.717) is 0 Å². The fraction of sp³-hybridized carbons (Fsp3) is 0.500. The van der Waals surface area contributed by atoms with Crippen molar-refractivity contribution >= 4 is 11.9 Å². The average Bonchev–Trinajstić information content (AvgIpc) is 1.83. The molecule has 15 heavy (non-hydrogen) atoms. The van der Waals surface area contributed by atoms with Crippen molar-refractivity contribution in [3.8, 4) is 0 Å². The van der Waals surface area contributed by atoms with Crippen molar-refractivity contribution < 1.29 is 63.2 Å². The predicted molar refractivity (Wildman–Crippen MR) is 27.4 cm³/mol. The molecule has 2 N–H and O–H groups in total. The Balaban J connectivity index is -0.000000180. The number of halogens is 6. The third-order valence-corrected chi connectivity index (χ3v) is 0.485. The van der Waals surface area contributed by atoms with E-state index in [1.807, 2.05) is 0 Å². The molecule has 0 aliphatic rings. The standard InChI is InChI=1S/2C2HF3O2.Cu/c2*3-2(4,5)1(6)7;/h2*(H,6,7);. The number of hydrogen-bond donors (Lipinski definition) is 2. The quantitative estimate of drug-likeness (QED) is 0.520. The van der Waals surface area contributed by atoms with E-state index < -0.39 is 24.3 Å². The summed E-state index contributed by atoms with van der Waals surface area (Å²) >= 11 is 0. The van der Waals surface area contributed by atoms with Crippen molar-refractivity contribution in [2.24, 2.45) is 0 Å². The Morgan fingerprint density at radius 3 is 0.800 bits per heavy atom. The minimum Gasteiger partial charge on any atom is -0.475 e. The smallest absolute Gasteiger partial charge is 0.475 e. The molecule has 0 aliphatic carbocycles. The first-order valence-corrected chi connectivity index (χ1v) is 2.49. The predicted octanol–water partition coefficient (Wildman–Crippen LogP) is 1.26. The molecule has 0 bridgehead atoms. The normalized spacial score (nSPS) is 10.5. The molecule has 0 aromatic heterocycles. The zero-order chi connectivity index (χ0) is 12.2. The molecule has 0 rings (SSSR count). The second kappa shape index (κ2) is 6.51. The molecule has 0 saturated carbocycles. The van der Waals surface area contributed by atoms with Gasteiger partial charge in [0.15, 0.2) is 0 Å². The van der Waals surface area contributed by atoms with Crippen LogP contribution < -0.4 is 0 Å². The molecule has 0 aromatic rings. The van der Waals surface area contributed by atoms with Crippen LogP contribution in [0, 0.1) is 0 Å². The van der Waals surface area contributed by atoms with E-state index in [1.165, 1.54) is 0 Å². The summed E-state index contributed by atoms with van der Waals surface area (Å²) in [6, 6.07) is 0. The summed E-state index contributed by atoms with van der Waals surface area (Å²) in [5.74, 6) is -5.51. The average molecular weight is 292 g/mol. The van der Waals surface area contributed by atoms with Gasteiger partial charge in [-0.15, -0.1) is 0 Å². The minimum absolute atomic E-state index is 0. The van der Waals surface area contributed by atoms with E-state index in [9.17, 15) is 26.3 Å². The third-order valence-electron chi connectivity index (χ3n) is 0.485. The SMILES string of the molecule is O=C(O)C(F)(F)F.O=C(O)C(F)(F)F.[Cu]. The van der Waals surface area contributed by atoms with Crippen molar-refractivity contribution in [3.63, 3.8) is 0 Å². The molecule has 4 nitrogen and oxygen atoms in total.